The molecule has 3 heterocycles. The molecule has 2 aromatic rings. The first kappa shape index (κ1) is 16.8. The zero-order chi connectivity index (χ0) is 17.1. The van der Waals surface area contributed by atoms with Crippen LogP contribution in [0, 0.1) is 13.8 Å². The summed E-state index contributed by atoms with van der Waals surface area (Å²) >= 11 is 1.53. The van der Waals surface area contributed by atoms with Crippen LogP contribution in [-0.4, -0.2) is 44.0 Å². The second kappa shape index (κ2) is 7.23. The highest BCUT2D eigenvalue weighted by molar-refractivity contribution is 7.13. The fourth-order valence-electron chi connectivity index (χ4n) is 3.04. The van der Waals surface area contributed by atoms with E-state index in [1.807, 2.05) is 30.2 Å². The van der Waals surface area contributed by atoms with Gasteiger partial charge in [0.1, 0.15) is 11.6 Å². The molecule has 0 aromatic carbocycles. The average Bonchev–Trinajstić information content (AvgIpc) is 2.91. The van der Waals surface area contributed by atoms with Crippen molar-refractivity contribution in [2.24, 2.45) is 0 Å². The molecule has 0 aliphatic carbocycles. The van der Waals surface area contributed by atoms with E-state index in [1.165, 1.54) is 11.3 Å². The summed E-state index contributed by atoms with van der Waals surface area (Å²) in [7, 11) is 0. The van der Waals surface area contributed by atoms with Crippen molar-refractivity contribution in [2.45, 2.75) is 39.2 Å². The van der Waals surface area contributed by atoms with Crippen LogP contribution in [0.3, 0.4) is 0 Å². The third-order valence-corrected chi connectivity index (χ3v) is 4.88. The fourth-order valence-corrected chi connectivity index (χ4v) is 3.73. The van der Waals surface area contributed by atoms with Gasteiger partial charge in [0.15, 0.2) is 5.13 Å². The Morgan fingerprint density at radius 2 is 2.21 bits per heavy atom. The summed E-state index contributed by atoms with van der Waals surface area (Å²) in [5.41, 5.74) is 1.84. The molecule has 1 atom stereocenters. The number of thiazole rings is 1. The Morgan fingerprint density at radius 1 is 1.38 bits per heavy atom. The molecule has 3 rings (SSSR count). The molecule has 1 aliphatic heterocycles. The lowest BCUT2D eigenvalue weighted by molar-refractivity contribution is -0.139. The molecular formula is C16H21N5O2S. The Morgan fingerprint density at radius 3 is 2.92 bits per heavy atom. The minimum atomic E-state index is -0.802. The summed E-state index contributed by atoms with van der Waals surface area (Å²) in [6.45, 7) is 4.63. The molecule has 24 heavy (non-hydrogen) atoms. The van der Waals surface area contributed by atoms with E-state index in [1.54, 1.807) is 0 Å². The van der Waals surface area contributed by atoms with Gasteiger partial charge in [-0.15, -0.1) is 11.3 Å². The van der Waals surface area contributed by atoms with Crippen LogP contribution in [0.4, 0.5) is 10.9 Å². The van der Waals surface area contributed by atoms with Gasteiger partial charge in [0, 0.05) is 11.4 Å². The third-order valence-electron chi connectivity index (χ3n) is 4.01. The average molecular weight is 347 g/mol. The van der Waals surface area contributed by atoms with Crippen molar-refractivity contribution in [3.63, 3.8) is 0 Å². The van der Waals surface area contributed by atoms with Crippen molar-refractivity contribution < 1.29 is 9.90 Å². The second-order valence-electron chi connectivity index (χ2n) is 6.02. The second-order valence-corrected chi connectivity index (χ2v) is 6.88. The summed E-state index contributed by atoms with van der Waals surface area (Å²) < 4.78 is 0. The number of carbonyl (C=O) groups is 1. The first-order valence-corrected chi connectivity index (χ1v) is 8.90. The van der Waals surface area contributed by atoms with E-state index in [4.69, 9.17) is 5.11 Å². The number of carboxylic acids is 1. The molecule has 2 N–H and O–H groups in total. The van der Waals surface area contributed by atoms with Crippen LogP contribution in [0.2, 0.25) is 0 Å². The molecule has 0 amide bonds. The van der Waals surface area contributed by atoms with Gasteiger partial charge in [-0.2, -0.15) is 0 Å². The largest absolute Gasteiger partial charge is 0.480 e. The number of aromatic nitrogens is 3. The number of nitrogens with one attached hydrogen (secondary N) is 1. The lowest BCUT2D eigenvalue weighted by atomic mass is 9.99. The number of carboxylic acid groups (broad SMARTS) is 1. The van der Waals surface area contributed by atoms with Crippen LogP contribution < -0.4 is 5.32 Å². The maximum Gasteiger partial charge on any atom is 0.317 e. The topological polar surface area (TPSA) is 91.2 Å². The third kappa shape index (κ3) is 4.07. The number of nitrogens with zero attached hydrogens (tertiary/aromatic N) is 4. The van der Waals surface area contributed by atoms with Gasteiger partial charge in [-0.3, -0.25) is 9.69 Å². The fraction of sp³-hybridized carbons (Fsp3) is 0.500. The van der Waals surface area contributed by atoms with Crippen LogP contribution in [0.25, 0.3) is 0 Å². The van der Waals surface area contributed by atoms with E-state index in [2.05, 4.69) is 20.3 Å². The Kier molecular flexibility index (Phi) is 5.06. The summed E-state index contributed by atoms with van der Waals surface area (Å²) in [6, 6.07) is 1.93. The van der Waals surface area contributed by atoms with E-state index in [9.17, 15) is 4.79 Å². The van der Waals surface area contributed by atoms with E-state index in [0.717, 1.165) is 42.3 Å². The standard InChI is InChI=1S/C16H21N5O2S/c1-10-9-24-16(17-10)20-14-7-12(18-11(2)19-14)13-5-3-4-6-21(13)8-15(22)23/h7,9,13H,3-6,8H2,1-2H3,(H,22,23)(H,17,18,19,20)/t13-/m0/s1. The quantitative estimate of drug-likeness (QED) is 0.859. The van der Waals surface area contributed by atoms with Gasteiger partial charge in [0.05, 0.1) is 24.0 Å². The highest BCUT2D eigenvalue weighted by Crippen LogP contribution is 2.31. The molecule has 128 valence electrons. The summed E-state index contributed by atoms with van der Waals surface area (Å²) in [6.07, 6.45) is 3.02. The first-order valence-electron chi connectivity index (χ1n) is 8.02. The molecule has 8 heteroatoms. The maximum absolute atomic E-state index is 11.1. The van der Waals surface area contributed by atoms with Gasteiger partial charge >= 0.3 is 5.97 Å². The van der Waals surface area contributed by atoms with Gasteiger partial charge in [-0.25, -0.2) is 15.0 Å². The zero-order valence-electron chi connectivity index (χ0n) is 13.8. The Balaban J connectivity index is 1.85. The predicted octanol–water partition coefficient (Wildman–Crippen LogP) is 2.91. The minimum Gasteiger partial charge on any atom is -0.480 e. The molecule has 0 saturated carbocycles. The molecule has 0 bridgehead atoms. The van der Waals surface area contributed by atoms with Gasteiger partial charge in [0.2, 0.25) is 0 Å². The molecule has 2 aromatic heterocycles. The van der Waals surface area contributed by atoms with Gasteiger partial charge < -0.3 is 10.4 Å². The minimum absolute atomic E-state index is 0.0233. The Hall–Kier alpha value is -2.06. The van der Waals surface area contributed by atoms with E-state index >= 15 is 0 Å². The number of aryl methyl sites for hydroxylation is 2. The number of aliphatic carboxylic acids is 1. The van der Waals surface area contributed by atoms with Gasteiger partial charge in [-0.1, -0.05) is 6.42 Å². The van der Waals surface area contributed by atoms with Crippen LogP contribution in [0.5, 0.6) is 0 Å². The maximum atomic E-state index is 11.1. The number of hydrogen-bond acceptors (Lipinski definition) is 7. The number of hydrogen-bond donors (Lipinski definition) is 2. The molecule has 1 aliphatic rings. The molecule has 0 radical (unpaired) electrons. The molecule has 0 unspecified atom stereocenters. The van der Waals surface area contributed by atoms with E-state index in [-0.39, 0.29) is 12.6 Å². The van der Waals surface area contributed by atoms with Crippen LogP contribution in [0.1, 0.15) is 42.5 Å². The molecule has 7 nitrogen and oxygen atoms in total. The highest BCUT2D eigenvalue weighted by atomic mass is 32.1. The zero-order valence-corrected chi connectivity index (χ0v) is 14.6. The van der Waals surface area contributed by atoms with E-state index < -0.39 is 5.97 Å². The van der Waals surface area contributed by atoms with Crippen molar-refractivity contribution in [3.05, 3.63) is 28.7 Å². The molecular weight excluding hydrogens is 326 g/mol. The Bertz CT molecular complexity index is 733. The first-order chi connectivity index (χ1) is 11.5. The van der Waals surface area contributed by atoms with Gasteiger partial charge in [-0.05, 0) is 33.2 Å². The number of piperidine rings is 1. The molecule has 1 saturated heterocycles. The number of likely N-dealkylation sites (tertiary alicyclic amines) is 1. The molecule has 1 fully saturated rings. The Labute approximate surface area is 144 Å². The highest BCUT2D eigenvalue weighted by Gasteiger charge is 2.27. The normalized spacial score (nSPS) is 18.5. The number of rotatable bonds is 5. The van der Waals surface area contributed by atoms with E-state index in [0.29, 0.717) is 11.6 Å². The van der Waals surface area contributed by atoms with Crippen molar-refractivity contribution >= 4 is 28.3 Å². The number of anilines is 2. The van der Waals surface area contributed by atoms with Crippen molar-refractivity contribution in [3.8, 4) is 0 Å². The summed E-state index contributed by atoms with van der Waals surface area (Å²) in [4.78, 5) is 26.5. The molecule has 0 spiro atoms. The predicted molar refractivity (Wildman–Crippen MR) is 92.7 cm³/mol. The smallest absolute Gasteiger partial charge is 0.317 e. The lowest BCUT2D eigenvalue weighted by Gasteiger charge is -2.34. The van der Waals surface area contributed by atoms with Crippen molar-refractivity contribution in [1.29, 1.82) is 0 Å². The van der Waals surface area contributed by atoms with Crippen molar-refractivity contribution in [2.75, 3.05) is 18.4 Å². The van der Waals surface area contributed by atoms with Crippen LogP contribution in [-0.2, 0) is 4.79 Å². The van der Waals surface area contributed by atoms with Crippen LogP contribution >= 0.6 is 11.3 Å². The van der Waals surface area contributed by atoms with Crippen molar-refractivity contribution in [1.82, 2.24) is 19.9 Å². The lowest BCUT2D eigenvalue weighted by Crippen LogP contribution is -2.37. The summed E-state index contributed by atoms with van der Waals surface area (Å²) in [5.74, 6) is 0.570. The van der Waals surface area contributed by atoms with Crippen LogP contribution in [0.15, 0.2) is 11.4 Å². The van der Waals surface area contributed by atoms with Gasteiger partial charge in [0.25, 0.3) is 0 Å². The monoisotopic (exact) mass is 347 g/mol. The SMILES string of the molecule is Cc1csc(Nc2cc([C@@H]3CCCCN3CC(=O)O)nc(C)n2)n1. The summed E-state index contributed by atoms with van der Waals surface area (Å²) in [5, 5.41) is 15.1.